The molecule has 6 nitrogen and oxygen atoms in total. The van der Waals surface area contributed by atoms with Crippen LogP contribution in [-0.2, 0) is 6.54 Å². The molecule has 2 N–H and O–H groups in total. The van der Waals surface area contributed by atoms with Crippen LogP contribution in [0.25, 0.3) is 5.65 Å². The average molecular weight is 333 g/mol. The zero-order chi connectivity index (χ0) is 15.6. The number of nitrogens with zero attached hydrogens (tertiary/aromatic N) is 3. The Balaban J connectivity index is 1.67. The summed E-state index contributed by atoms with van der Waals surface area (Å²) in [5.41, 5.74) is 3.06. The van der Waals surface area contributed by atoms with Crippen molar-refractivity contribution in [3.8, 4) is 0 Å². The molecule has 2 aliphatic rings. The third kappa shape index (κ3) is 3.18. The second-order valence-electron chi connectivity index (χ2n) is 6.40. The van der Waals surface area contributed by atoms with E-state index < -0.39 is 0 Å². The van der Waals surface area contributed by atoms with Crippen LogP contribution in [0, 0.1) is 0 Å². The van der Waals surface area contributed by atoms with Crippen LogP contribution in [-0.4, -0.2) is 57.2 Å². The Morgan fingerprint density at radius 3 is 2.83 bits per heavy atom. The Kier molecular flexibility index (Phi) is 4.41. The van der Waals surface area contributed by atoms with Crippen LogP contribution in [0.5, 0.6) is 0 Å². The number of aromatic amines is 1. The van der Waals surface area contributed by atoms with E-state index in [4.69, 9.17) is 0 Å². The Labute approximate surface area is 139 Å². The van der Waals surface area contributed by atoms with Crippen LogP contribution < -0.4 is 10.9 Å². The van der Waals surface area contributed by atoms with Gasteiger partial charge >= 0.3 is 0 Å². The fourth-order valence-electron chi connectivity index (χ4n) is 3.58. The molecule has 4 heterocycles. The molecule has 0 atom stereocenters. The lowest BCUT2D eigenvalue weighted by molar-refractivity contribution is 0.295. The van der Waals surface area contributed by atoms with E-state index in [1.807, 2.05) is 22.5 Å². The predicted octanol–water partition coefficient (Wildman–Crippen LogP) is 1.04. The number of rotatable bonds is 3. The van der Waals surface area contributed by atoms with Crippen molar-refractivity contribution >= 4 is 17.4 Å². The van der Waals surface area contributed by atoms with Crippen LogP contribution in [0.3, 0.4) is 0 Å². The van der Waals surface area contributed by atoms with Gasteiger partial charge in [0.05, 0.1) is 11.9 Å². The first kappa shape index (κ1) is 15.2. The Morgan fingerprint density at radius 2 is 2.04 bits per heavy atom. The third-order valence-corrected chi connectivity index (χ3v) is 5.81. The molecule has 0 radical (unpaired) electrons. The molecule has 0 aromatic carbocycles. The molecule has 0 amide bonds. The molecule has 0 bridgehead atoms. The first-order valence-corrected chi connectivity index (χ1v) is 9.57. The standard InChI is InChI=1S/C16H23N5OS/c22-15-9-14(12-1-3-17-4-2-12)21-16(19-15)13(10-18-21)11-20-5-7-23-8-6-20/h9-10,12,17H,1-8,11H2,(H,19,22). The summed E-state index contributed by atoms with van der Waals surface area (Å²) in [5, 5.41) is 7.98. The number of nitrogens with one attached hydrogen (secondary N) is 2. The molecule has 23 heavy (non-hydrogen) atoms. The van der Waals surface area contributed by atoms with E-state index in [0.29, 0.717) is 5.92 Å². The molecule has 2 aromatic rings. The molecule has 0 spiro atoms. The van der Waals surface area contributed by atoms with E-state index in [9.17, 15) is 4.79 Å². The number of thioether (sulfide) groups is 1. The highest BCUT2D eigenvalue weighted by atomic mass is 32.2. The van der Waals surface area contributed by atoms with E-state index in [-0.39, 0.29) is 5.56 Å². The van der Waals surface area contributed by atoms with Crippen LogP contribution in [0.15, 0.2) is 17.1 Å². The van der Waals surface area contributed by atoms with E-state index in [1.54, 1.807) is 6.07 Å². The maximum Gasteiger partial charge on any atom is 0.251 e. The average Bonchev–Trinajstić information content (AvgIpc) is 2.99. The molecule has 124 valence electrons. The number of H-pyrrole nitrogens is 1. The van der Waals surface area contributed by atoms with Crippen LogP contribution >= 0.6 is 11.8 Å². The van der Waals surface area contributed by atoms with Gasteiger partial charge in [-0.3, -0.25) is 9.69 Å². The molecule has 7 heteroatoms. The Hall–Kier alpha value is -1.31. The topological polar surface area (TPSA) is 65.4 Å². The van der Waals surface area contributed by atoms with Gasteiger partial charge in [-0.05, 0) is 25.9 Å². The summed E-state index contributed by atoms with van der Waals surface area (Å²) in [5.74, 6) is 2.80. The van der Waals surface area contributed by atoms with Crippen LogP contribution in [0.4, 0.5) is 0 Å². The summed E-state index contributed by atoms with van der Waals surface area (Å²) >= 11 is 2.01. The number of piperidine rings is 1. The predicted molar refractivity (Wildman–Crippen MR) is 93.3 cm³/mol. The summed E-state index contributed by atoms with van der Waals surface area (Å²) in [6, 6.07) is 1.73. The minimum atomic E-state index is -0.0121. The van der Waals surface area contributed by atoms with Gasteiger partial charge in [0.1, 0.15) is 5.65 Å². The minimum absolute atomic E-state index is 0.0121. The van der Waals surface area contributed by atoms with Gasteiger partial charge in [-0.2, -0.15) is 16.9 Å². The van der Waals surface area contributed by atoms with Crippen molar-refractivity contribution in [3.05, 3.63) is 33.9 Å². The van der Waals surface area contributed by atoms with Crippen molar-refractivity contribution in [3.63, 3.8) is 0 Å². The van der Waals surface area contributed by atoms with Crippen LogP contribution in [0.2, 0.25) is 0 Å². The van der Waals surface area contributed by atoms with Crippen molar-refractivity contribution in [1.29, 1.82) is 0 Å². The lowest BCUT2D eigenvalue weighted by Crippen LogP contribution is -2.32. The molecule has 2 aliphatic heterocycles. The van der Waals surface area contributed by atoms with E-state index >= 15 is 0 Å². The number of hydrogen-bond acceptors (Lipinski definition) is 5. The molecule has 0 aliphatic carbocycles. The van der Waals surface area contributed by atoms with Gasteiger partial charge in [0, 0.05) is 48.7 Å². The van der Waals surface area contributed by atoms with Gasteiger partial charge in [-0.15, -0.1) is 0 Å². The van der Waals surface area contributed by atoms with Gasteiger partial charge in [0.2, 0.25) is 0 Å². The molecule has 2 aromatic heterocycles. The second kappa shape index (κ2) is 6.67. The first-order chi connectivity index (χ1) is 11.3. The Morgan fingerprint density at radius 1 is 1.26 bits per heavy atom. The fraction of sp³-hybridized carbons (Fsp3) is 0.625. The van der Waals surface area contributed by atoms with Gasteiger partial charge in [-0.25, -0.2) is 4.52 Å². The van der Waals surface area contributed by atoms with E-state index in [1.165, 1.54) is 11.5 Å². The van der Waals surface area contributed by atoms with Gasteiger partial charge in [0.25, 0.3) is 5.56 Å². The lowest BCUT2D eigenvalue weighted by atomic mass is 9.94. The molecular weight excluding hydrogens is 310 g/mol. The summed E-state index contributed by atoms with van der Waals surface area (Å²) in [6.45, 7) is 5.12. The molecule has 0 saturated carbocycles. The maximum atomic E-state index is 12.2. The molecule has 0 unspecified atom stereocenters. The van der Waals surface area contributed by atoms with E-state index in [0.717, 1.165) is 62.5 Å². The van der Waals surface area contributed by atoms with Crippen molar-refractivity contribution in [1.82, 2.24) is 24.8 Å². The normalized spacial score (nSPS) is 21.0. The fourth-order valence-corrected chi connectivity index (χ4v) is 4.56. The van der Waals surface area contributed by atoms with Gasteiger partial charge < -0.3 is 10.3 Å². The summed E-state index contributed by atoms with van der Waals surface area (Å²) < 4.78 is 1.96. The smallest absolute Gasteiger partial charge is 0.251 e. The number of aromatic nitrogens is 3. The number of hydrogen-bond donors (Lipinski definition) is 2. The SMILES string of the molecule is O=c1cc(C2CCNCC2)n2ncc(CN3CCSCC3)c2[nH]1. The zero-order valence-electron chi connectivity index (χ0n) is 13.3. The van der Waals surface area contributed by atoms with Gasteiger partial charge in [0.15, 0.2) is 0 Å². The van der Waals surface area contributed by atoms with Crippen molar-refractivity contribution in [2.75, 3.05) is 37.7 Å². The van der Waals surface area contributed by atoms with Crippen LogP contribution in [0.1, 0.15) is 30.0 Å². The molecule has 2 fully saturated rings. The van der Waals surface area contributed by atoms with Crippen molar-refractivity contribution in [2.45, 2.75) is 25.3 Å². The summed E-state index contributed by atoms with van der Waals surface area (Å²) in [6.07, 6.45) is 4.06. The second-order valence-corrected chi connectivity index (χ2v) is 7.63. The highest BCUT2D eigenvalue weighted by molar-refractivity contribution is 7.99. The third-order valence-electron chi connectivity index (χ3n) is 4.87. The highest BCUT2D eigenvalue weighted by Crippen LogP contribution is 2.25. The zero-order valence-corrected chi connectivity index (χ0v) is 14.1. The quantitative estimate of drug-likeness (QED) is 0.879. The summed E-state index contributed by atoms with van der Waals surface area (Å²) in [7, 11) is 0. The molecule has 2 saturated heterocycles. The van der Waals surface area contributed by atoms with Crippen molar-refractivity contribution < 1.29 is 0 Å². The number of fused-ring (bicyclic) bond motifs is 1. The first-order valence-electron chi connectivity index (χ1n) is 8.42. The minimum Gasteiger partial charge on any atom is -0.317 e. The monoisotopic (exact) mass is 333 g/mol. The van der Waals surface area contributed by atoms with E-state index in [2.05, 4.69) is 20.3 Å². The maximum absolute atomic E-state index is 12.2. The largest absolute Gasteiger partial charge is 0.317 e. The molecule has 4 rings (SSSR count). The van der Waals surface area contributed by atoms with Crippen molar-refractivity contribution in [2.24, 2.45) is 0 Å². The molecular formula is C16H23N5OS. The Bertz CT molecular complexity index is 728. The van der Waals surface area contributed by atoms with Gasteiger partial charge in [-0.1, -0.05) is 0 Å². The lowest BCUT2D eigenvalue weighted by Gasteiger charge is -2.25. The summed E-state index contributed by atoms with van der Waals surface area (Å²) in [4.78, 5) is 17.6. The highest BCUT2D eigenvalue weighted by Gasteiger charge is 2.21.